The molecule has 5 rings (SSSR count). The number of hydrogen-bond donors (Lipinski definition) is 2. The van der Waals surface area contributed by atoms with Crippen LogP contribution >= 0.6 is 0 Å². The maximum atomic E-state index is 12.2. The van der Waals surface area contributed by atoms with Crippen LogP contribution in [0.5, 0.6) is 11.6 Å². The second-order valence-corrected chi connectivity index (χ2v) is 6.86. The fraction of sp³-hybridized carbons (Fsp3) is 0.200. The van der Waals surface area contributed by atoms with E-state index in [4.69, 9.17) is 19.2 Å². The number of hydrogen-bond acceptors (Lipinski definition) is 8. The van der Waals surface area contributed by atoms with Gasteiger partial charge < -0.3 is 19.2 Å². The van der Waals surface area contributed by atoms with Gasteiger partial charge in [0.2, 0.25) is 5.88 Å². The molecule has 2 N–H and O–H groups in total. The highest BCUT2D eigenvalue weighted by Gasteiger charge is 2.28. The molecule has 3 heterocycles. The van der Waals surface area contributed by atoms with Gasteiger partial charge in [-0.3, -0.25) is 5.32 Å². The number of benzene rings is 1. The first kappa shape index (κ1) is 18.1. The van der Waals surface area contributed by atoms with E-state index in [0.717, 1.165) is 24.0 Å². The summed E-state index contributed by atoms with van der Waals surface area (Å²) < 4.78 is 12.3. The van der Waals surface area contributed by atoms with Gasteiger partial charge >= 0.3 is 6.09 Å². The molecule has 1 aromatic carbocycles. The minimum Gasteiger partial charge on any atom is -0.439 e. The van der Waals surface area contributed by atoms with E-state index in [1.807, 2.05) is 0 Å². The van der Waals surface area contributed by atoms with Crippen LogP contribution in [0, 0.1) is 0 Å². The molecule has 0 bridgehead atoms. The Hall–Kier alpha value is -3.92. The number of fused-ring (bicyclic) bond motifs is 1. The van der Waals surface area contributed by atoms with Crippen molar-refractivity contribution in [2.24, 2.45) is 0 Å². The molecule has 1 aliphatic rings. The first-order chi connectivity index (χ1) is 14.7. The monoisotopic (exact) mass is 407 g/mol. The Balaban J connectivity index is 1.27. The molecule has 1 fully saturated rings. The highest BCUT2D eigenvalue weighted by Crippen LogP contribution is 2.40. The average molecular weight is 407 g/mol. The molecule has 1 aliphatic carbocycles. The largest absolute Gasteiger partial charge is 0.439 e. The van der Waals surface area contributed by atoms with Crippen molar-refractivity contribution < 1.29 is 24.0 Å². The van der Waals surface area contributed by atoms with E-state index in [9.17, 15) is 4.79 Å². The molecule has 0 atom stereocenters. The smallest absolute Gasteiger partial charge is 0.437 e. The molecular formula is C20H17N5O5. The fourth-order valence-electron chi connectivity index (χ4n) is 3.00. The summed E-state index contributed by atoms with van der Waals surface area (Å²) in [5, 5.41) is 16.4. The van der Waals surface area contributed by atoms with Crippen LogP contribution in [-0.4, -0.2) is 31.1 Å². The average Bonchev–Trinajstić information content (AvgIpc) is 3.38. The molecule has 10 nitrogen and oxygen atoms in total. The molecule has 0 aliphatic heterocycles. The van der Waals surface area contributed by atoms with Crippen LogP contribution in [0.2, 0.25) is 0 Å². The quantitative estimate of drug-likeness (QED) is 0.499. The van der Waals surface area contributed by atoms with E-state index in [2.05, 4.69) is 20.4 Å². The molecule has 0 saturated heterocycles. The van der Waals surface area contributed by atoms with Crippen LogP contribution in [0.25, 0.3) is 10.9 Å². The van der Waals surface area contributed by atoms with Gasteiger partial charge in [0.05, 0.1) is 17.8 Å². The van der Waals surface area contributed by atoms with Gasteiger partial charge in [-0.2, -0.15) is 4.73 Å². The molecule has 30 heavy (non-hydrogen) atoms. The van der Waals surface area contributed by atoms with Crippen LogP contribution in [0.4, 0.5) is 10.6 Å². The molecule has 1 saturated carbocycles. The summed E-state index contributed by atoms with van der Waals surface area (Å²) in [7, 11) is 0. The molecule has 0 spiro atoms. The van der Waals surface area contributed by atoms with Crippen LogP contribution in [0.3, 0.4) is 0 Å². The molecular weight excluding hydrogens is 390 g/mol. The van der Waals surface area contributed by atoms with E-state index >= 15 is 0 Å². The number of aromatic nitrogens is 4. The van der Waals surface area contributed by atoms with Crippen molar-refractivity contribution in [2.45, 2.75) is 25.4 Å². The van der Waals surface area contributed by atoms with E-state index in [0.29, 0.717) is 34.6 Å². The zero-order chi connectivity index (χ0) is 20.5. The number of aliphatic hydroxyl groups excluding tert-OH is 1. The van der Waals surface area contributed by atoms with Crippen LogP contribution in [-0.2, 0) is 6.61 Å². The third-order valence-electron chi connectivity index (χ3n) is 4.63. The van der Waals surface area contributed by atoms with Crippen molar-refractivity contribution in [1.82, 2.24) is 19.9 Å². The van der Waals surface area contributed by atoms with Gasteiger partial charge in [0.1, 0.15) is 17.8 Å². The number of anilines is 1. The molecule has 10 heteroatoms. The van der Waals surface area contributed by atoms with E-state index < -0.39 is 6.09 Å². The Bertz CT molecular complexity index is 1210. The normalized spacial score (nSPS) is 13.4. The number of carbonyl (C=O) groups excluding carboxylic acids is 1. The summed E-state index contributed by atoms with van der Waals surface area (Å²) in [6.45, 7) is -0.198. The maximum absolute atomic E-state index is 12.2. The Morgan fingerprint density at radius 3 is 2.97 bits per heavy atom. The number of aliphatic hydroxyl groups is 1. The number of nitrogens with one attached hydrogen (secondary N) is 1. The van der Waals surface area contributed by atoms with E-state index in [-0.39, 0.29) is 6.61 Å². The van der Waals surface area contributed by atoms with Crippen molar-refractivity contribution in [1.29, 1.82) is 0 Å². The zero-order valence-electron chi connectivity index (χ0n) is 15.7. The van der Waals surface area contributed by atoms with Crippen molar-refractivity contribution in [3.63, 3.8) is 0 Å². The first-order valence-electron chi connectivity index (χ1n) is 9.34. The van der Waals surface area contributed by atoms with Gasteiger partial charge in [0.25, 0.3) is 0 Å². The lowest BCUT2D eigenvalue weighted by atomic mass is 10.2. The minimum atomic E-state index is -0.680. The summed E-state index contributed by atoms with van der Waals surface area (Å²) in [4.78, 5) is 25.5. The predicted octanol–water partition coefficient (Wildman–Crippen LogP) is 3.24. The van der Waals surface area contributed by atoms with Gasteiger partial charge in [-0.05, 0) is 37.1 Å². The number of carbonyl (C=O) groups is 1. The standard InChI is InChI=1S/C20H17N5O5/c26-10-14-8-19(22-11-21-14)28-15-3-4-16-13(7-15)5-6-25(16)30-20(27)23-18-9-17(29-24-18)12-1-2-12/h3-9,11-12,26H,1-2,10H2,(H,23,24,27). The molecule has 0 unspecified atom stereocenters. The third kappa shape index (κ3) is 3.80. The van der Waals surface area contributed by atoms with Gasteiger partial charge in [-0.25, -0.2) is 14.8 Å². The molecule has 4 aromatic rings. The van der Waals surface area contributed by atoms with Gasteiger partial charge in [0, 0.05) is 29.6 Å². The second kappa shape index (κ2) is 7.48. The molecule has 152 valence electrons. The Morgan fingerprint density at radius 1 is 1.23 bits per heavy atom. The summed E-state index contributed by atoms with van der Waals surface area (Å²) in [6, 6.07) is 10.3. The predicted molar refractivity (Wildman–Crippen MR) is 104 cm³/mol. The lowest BCUT2D eigenvalue weighted by molar-refractivity contribution is 0.153. The van der Waals surface area contributed by atoms with Gasteiger partial charge in [0.15, 0.2) is 5.82 Å². The summed E-state index contributed by atoms with van der Waals surface area (Å²) in [6.07, 6.45) is 4.44. The topological polar surface area (TPSA) is 125 Å². The van der Waals surface area contributed by atoms with E-state index in [1.165, 1.54) is 11.1 Å². The summed E-state index contributed by atoms with van der Waals surface area (Å²) in [5.41, 5.74) is 1.14. The number of amides is 1. The SMILES string of the molecule is O=C(Nc1cc(C2CC2)on1)On1ccc2cc(Oc3cc(CO)ncn3)ccc21. The fourth-order valence-corrected chi connectivity index (χ4v) is 3.00. The summed E-state index contributed by atoms with van der Waals surface area (Å²) >= 11 is 0. The molecule has 3 aromatic heterocycles. The van der Waals surface area contributed by atoms with Crippen molar-refractivity contribution in [3.8, 4) is 11.6 Å². The van der Waals surface area contributed by atoms with Crippen molar-refractivity contribution in [2.75, 3.05) is 5.32 Å². The summed E-state index contributed by atoms with van der Waals surface area (Å²) in [5.74, 6) is 2.37. The number of nitrogens with zero attached hydrogens (tertiary/aromatic N) is 4. The number of rotatable bonds is 6. The maximum Gasteiger partial charge on any atom is 0.437 e. The Morgan fingerprint density at radius 2 is 2.13 bits per heavy atom. The third-order valence-corrected chi connectivity index (χ3v) is 4.63. The second-order valence-electron chi connectivity index (χ2n) is 6.86. The highest BCUT2D eigenvalue weighted by atomic mass is 16.7. The highest BCUT2D eigenvalue weighted by molar-refractivity contribution is 5.86. The lowest BCUT2D eigenvalue weighted by Gasteiger charge is -2.08. The van der Waals surface area contributed by atoms with Crippen molar-refractivity contribution in [3.05, 3.63) is 60.4 Å². The van der Waals surface area contributed by atoms with Crippen LogP contribution < -0.4 is 14.9 Å². The van der Waals surface area contributed by atoms with Crippen molar-refractivity contribution >= 4 is 22.8 Å². The van der Waals surface area contributed by atoms with Gasteiger partial charge in [-0.1, -0.05) is 5.16 Å². The molecule has 0 radical (unpaired) electrons. The first-order valence-corrected chi connectivity index (χ1v) is 9.34. The van der Waals surface area contributed by atoms with Crippen LogP contribution in [0.1, 0.15) is 30.2 Å². The Labute approximate surface area is 170 Å². The zero-order valence-corrected chi connectivity index (χ0v) is 15.7. The lowest BCUT2D eigenvalue weighted by Crippen LogP contribution is -2.24. The molecule has 1 amide bonds. The number of ether oxygens (including phenoxy) is 1. The minimum absolute atomic E-state index is 0.198. The van der Waals surface area contributed by atoms with E-state index in [1.54, 1.807) is 42.6 Å². The Kier molecular flexibility index (Phi) is 4.52. The van der Waals surface area contributed by atoms with Gasteiger partial charge in [-0.15, -0.1) is 0 Å². The van der Waals surface area contributed by atoms with Crippen LogP contribution in [0.15, 0.2) is 53.4 Å².